The van der Waals surface area contributed by atoms with Crippen molar-refractivity contribution < 1.29 is 4.79 Å². The summed E-state index contributed by atoms with van der Waals surface area (Å²) in [4.78, 5) is 16.6. The van der Waals surface area contributed by atoms with Gasteiger partial charge in [0.1, 0.15) is 0 Å². The number of hydrogen-bond acceptors (Lipinski definition) is 3. The van der Waals surface area contributed by atoms with Gasteiger partial charge in [-0.05, 0) is 39.2 Å². The van der Waals surface area contributed by atoms with Gasteiger partial charge in [0.25, 0.3) is 0 Å². The molecular weight excluding hydrogens is 262 g/mol. The van der Waals surface area contributed by atoms with E-state index in [0.717, 1.165) is 19.0 Å². The molecule has 0 aromatic heterocycles. The van der Waals surface area contributed by atoms with E-state index in [0.29, 0.717) is 11.6 Å². The van der Waals surface area contributed by atoms with Gasteiger partial charge >= 0.3 is 0 Å². The molecule has 0 radical (unpaired) electrons. The fourth-order valence-electron chi connectivity index (χ4n) is 4.92. The fourth-order valence-corrected chi connectivity index (χ4v) is 4.92. The lowest BCUT2D eigenvalue weighted by atomic mass is 9.82. The number of hydrogen-bond donors (Lipinski definition) is 1. The summed E-state index contributed by atoms with van der Waals surface area (Å²) < 4.78 is 0. The van der Waals surface area contributed by atoms with Crippen LogP contribution in [-0.2, 0) is 4.79 Å². The zero-order chi connectivity index (χ0) is 14.9. The third-order valence-electron chi connectivity index (χ3n) is 6.16. The second kappa shape index (κ2) is 6.25. The first-order valence-corrected chi connectivity index (χ1v) is 8.81. The molecule has 1 N–H and O–H groups in total. The highest BCUT2D eigenvalue weighted by Crippen LogP contribution is 2.38. The molecule has 2 saturated heterocycles. The van der Waals surface area contributed by atoms with Gasteiger partial charge < -0.3 is 10.2 Å². The average Bonchev–Trinajstić information content (AvgIpc) is 2.75. The van der Waals surface area contributed by atoms with Crippen molar-refractivity contribution in [2.24, 2.45) is 0 Å². The topological polar surface area (TPSA) is 35.6 Å². The second-order valence-electron chi connectivity index (χ2n) is 7.53. The lowest BCUT2D eigenvalue weighted by Gasteiger charge is -2.46. The van der Waals surface area contributed by atoms with Gasteiger partial charge in [-0.3, -0.25) is 9.69 Å². The second-order valence-corrected chi connectivity index (χ2v) is 7.53. The largest absolute Gasteiger partial charge is 0.352 e. The molecule has 1 aliphatic carbocycles. The van der Waals surface area contributed by atoms with Crippen LogP contribution in [0, 0.1) is 0 Å². The van der Waals surface area contributed by atoms with E-state index in [1.807, 2.05) is 0 Å². The number of likely N-dealkylation sites (N-methyl/N-ethyl adjacent to an activating group) is 1. The summed E-state index contributed by atoms with van der Waals surface area (Å²) in [5.74, 6) is 0.116. The van der Waals surface area contributed by atoms with Crippen LogP contribution >= 0.6 is 0 Å². The van der Waals surface area contributed by atoms with Crippen LogP contribution in [0.15, 0.2) is 0 Å². The summed E-state index contributed by atoms with van der Waals surface area (Å²) in [7, 11) is 2.25. The summed E-state index contributed by atoms with van der Waals surface area (Å²) in [6, 6.07) is 1.21. The number of piperidine rings is 1. The van der Waals surface area contributed by atoms with Gasteiger partial charge in [0.05, 0.1) is 0 Å². The molecular formula is C17H31N3O. The molecule has 21 heavy (non-hydrogen) atoms. The van der Waals surface area contributed by atoms with Gasteiger partial charge in [0, 0.05) is 44.2 Å². The first-order chi connectivity index (χ1) is 10.1. The number of carbonyl (C=O) groups is 1. The van der Waals surface area contributed by atoms with Crippen molar-refractivity contribution in [2.75, 3.05) is 26.7 Å². The molecule has 1 atom stereocenters. The molecule has 0 aromatic rings. The Balaban J connectivity index is 1.55. The van der Waals surface area contributed by atoms with Gasteiger partial charge in [-0.2, -0.15) is 0 Å². The maximum absolute atomic E-state index is 11.3. The Kier molecular flexibility index (Phi) is 4.55. The molecule has 120 valence electrons. The third kappa shape index (κ3) is 3.26. The van der Waals surface area contributed by atoms with Crippen LogP contribution in [0.25, 0.3) is 0 Å². The number of likely N-dealkylation sites (tertiary alicyclic amines) is 2. The zero-order valence-electron chi connectivity index (χ0n) is 13.7. The molecule has 1 amide bonds. The van der Waals surface area contributed by atoms with E-state index in [1.54, 1.807) is 6.92 Å². The summed E-state index contributed by atoms with van der Waals surface area (Å²) in [5, 5.41) is 3.12. The standard InChI is InChI=1S/C17H31N3O/c1-14(21)18-15-12-17(19(2)13-15)8-10-20(11-9-17)16-6-4-3-5-7-16/h15-16H,3-13H2,1-2H3,(H,18,21)/t15-/m1/s1. The molecule has 3 rings (SSSR count). The Bertz CT molecular complexity index is 370. The minimum absolute atomic E-state index is 0.116. The maximum Gasteiger partial charge on any atom is 0.217 e. The normalized spacial score (nSPS) is 31.6. The number of nitrogens with zero attached hydrogens (tertiary/aromatic N) is 2. The van der Waals surface area contributed by atoms with Crippen molar-refractivity contribution in [2.45, 2.75) is 75.9 Å². The summed E-state index contributed by atoms with van der Waals surface area (Å²) in [6.45, 7) is 5.16. The molecule has 3 aliphatic rings. The van der Waals surface area contributed by atoms with E-state index in [2.05, 4.69) is 22.2 Å². The van der Waals surface area contributed by atoms with E-state index < -0.39 is 0 Å². The van der Waals surface area contributed by atoms with E-state index in [-0.39, 0.29) is 5.91 Å². The van der Waals surface area contributed by atoms with Crippen molar-refractivity contribution in [1.29, 1.82) is 0 Å². The first kappa shape index (κ1) is 15.3. The maximum atomic E-state index is 11.3. The molecule has 1 spiro atoms. The van der Waals surface area contributed by atoms with Crippen LogP contribution in [0.4, 0.5) is 0 Å². The van der Waals surface area contributed by atoms with Crippen molar-refractivity contribution in [1.82, 2.24) is 15.1 Å². The van der Waals surface area contributed by atoms with Crippen molar-refractivity contribution in [3.8, 4) is 0 Å². The Morgan fingerprint density at radius 3 is 2.43 bits per heavy atom. The smallest absolute Gasteiger partial charge is 0.217 e. The van der Waals surface area contributed by atoms with Crippen LogP contribution in [0.3, 0.4) is 0 Å². The summed E-state index contributed by atoms with van der Waals surface area (Å²) in [6.07, 6.45) is 10.8. The summed E-state index contributed by atoms with van der Waals surface area (Å²) >= 11 is 0. The van der Waals surface area contributed by atoms with Crippen LogP contribution < -0.4 is 5.32 Å². The molecule has 4 heteroatoms. The van der Waals surface area contributed by atoms with Gasteiger partial charge in [0.15, 0.2) is 0 Å². The molecule has 0 unspecified atom stereocenters. The minimum atomic E-state index is 0.116. The third-order valence-corrected chi connectivity index (χ3v) is 6.16. The Hall–Kier alpha value is -0.610. The first-order valence-electron chi connectivity index (χ1n) is 8.81. The number of rotatable bonds is 2. The lowest BCUT2D eigenvalue weighted by Crippen LogP contribution is -2.53. The molecule has 2 heterocycles. The molecule has 2 aliphatic heterocycles. The van der Waals surface area contributed by atoms with Crippen LogP contribution in [0.1, 0.15) is 58.3 Å². The number of carbonyl (C=O) groups excluding carboxylic acids is 1. The Labute approximate surface area is 129 Å². The van der Waals surface area contributed by atoms with Crippen LogP contribution in [-0.4, -0.2) is 60.0 Å². The predicted molar refractivity (Wildman–Crippen MR) is 85.3 cm³/mol. The monoisotopic (exact) mass is 293 g/mol. The molecule has 0 aromatic carbocycles. The van der Waals surface area contributed by atoms with E-state index >= 15 is 0 Å². The van der Waals surface area contributed by atoms with E-state index in [4.69, 9.17) is 0 Å². The molecule has 0 bridgehead atoms. The van der Waals surface area contributed by atoms with Crippen molar-refractivity contribution >= 4 is 5.91 Å². The van der Waals surface area contributed by atoms with E-state index in [1.165, 1.54) is 58.0 Å². The predicted octanol–water partition coefficient (Wildman–Crippen LogP) is 1.99. The summed E-state index contributed by atoms with van der Waals surface area (Å²) in [5.41, 5.74) is 0.346. The average molecular weight is 293 g/mol. The number of nitrogens with one attached hydrogen (secondary N) is 1. The highest BCUT2D eigenvalue weighted by Gasteiger charge is 2.46. The Morgan fingerprint density at radius 1 is 1.14 bits per heavy atom. The van der Waals surface area contributed by atoms with Crippen LogP contribution in [0.2, 0.25) is 0 Å². The van der Waals surface area contributed by atoms with Gasteiger partial charge in [-0.1, -0.05) is 19.3 Å². The van der Waals surface area contributed by atoms with E-state index in [9.17, 15) is 4.79 Å². The Morgan fingerprint density at radius 2 is 1.81 bits per heavy atom. The van der Waals surface area contributed by atoms with Crippen LogP contribution in [0.5, 0.6) is 0 Å². The highest BCUT2D eigenvalue weighted by molar-refractivity contribution is 5.73. The quantitative estimate of drug-likeness (QED) is 0.846. The molecule has 3 fully saturated rings. The van der Waals surface area contributed by atoms with Crippen molar-refractivity contribution in [3.63, 3.8) is 0 Å². The lowest BCUT2D eigenvalue weighted by molar-refractivity contribution is -0.119. The fraction of sp³-hybridized carbons (Fsp3) is 0.941. The molecule has 4 nitrogen and oxygen atoms in total. The number of amides is 1. The van der Waals surface area contributed by atoms with Gasteiger partial charge in [-0.15, -0.1) is 0 Å². The highest BCUT2D eigenvalue weighted by atomic mass is 16.1. The van der Waals surface area contributed by atoms with Gasteiger partial charge in [-0.25, -0.2) is 0 Å². The molecule has 1 saturated carbocycles. The van der Waals surface area contributed by atoms with Crippen molar-refractivity contribution in [3.05, 3.63) is 0 Å². The minimum Gasteiger partial charge on any atom is -0.352 e. The zero-order valence-corrected chi connectivity index (χ0v) is 13.7. The van der Waals surface area contributed by atoms with Gasteiger partial charge in [0.2, 0.25) is 5.91 Å². The SMILES string of the molecule is CC(=O)N[C@H]1CN(C)C2(CCN(C3CCCCC3)CC2)C1.